The van der Waals surface area contributed by atoms with Gasteiger partial charge in [-0.1, -0.05) is 60.7 Å². The molecule has 0 aromatic heterocycles. The maximum absolute atomic E-state index is 13.0. The second-order valence-electron chi connectivity index (χ2n) is 6.89. The Morgan fingerprint density at radius 1 is 0.750 bits per heavy atom. The molecule has 3 heteroatoms. The molecule has 0 radical (unpaired) electrons. The summed E-state index contributed by atoms with van der Waals surface area (Å²) in [5.74, 6) is 0.124. The molecule has 2 amide bonds. The van der Waals surface area contributed by atoms with Crippen molar-refractivity contribution in [3.63, 3.8) is 0 Å². The molecule has 3 nitrogen and oxygen atoms in total. The third-order valence-corrected chi connectivity index (χ3v) is 5.70. The van der Waals surface area contributed by atoms with E-state index in [1.54, 1.807) is 0 Å². The molecule has 2 aliphatic carbocycles. The average molecular weight is 315 g/mol. The number of para-hydroxylation sites is 1. The van der Waals surface area contributed by atoms with Crippen LogP contribution in [0.4, 0.5) is 5.69 Å². The molecule has 2 aromatic rings. The lowest BCUT2D eigenvalue weighted by atomic mass is 9.85. The van der Waals surface area contributed by atoms with Crippen LogP contribution in [-0.4, -0.2) is 11.8 Å². The summed E-state index contributed by atoms with van der Waals surface area (Å²) in [6.07, 6.45) is 5.22. The monoisotopic (exact) mass is 315 g/mol. The molecular formula is C21H17NO2. The highest BCUT2D eigenvalue weighted by Gasteiger charge is 2.59. The Balaban J connectivity index is 1.61. The number of allylic oxidation sites excluding steroid dienone is 2. The molecule has 0 unspecified atom stereocenters. The van der Waals surface area contributed by atoms with Gasteiger partial charge >= 0.3 is 0 Å². The number of carbonyl (C=O) groups is 2. The lowest BCUT2D eigenvalue weighted by Gasteiger charge is -2.20. The Hall–Kier alpha value is -2.68. The molecule has 2 bridgehead atoms. The Morgan fingerprint density at radius 3 is 2.00 bits per heavy atom. The second-order valence-corrected chi connectivity index (χ2v) is 6.89. The van der Waals surface area contributed by atoms with E-state index < -0.39 is 0 Å². The van der Waals surface area contributed by atoms with Crippen molar-refractivity contribution in [3.05, 3.63) is 66.7 Å². The van der Waals surface area contributed by atoms with Gasteiger partial charge in [0.05, 0.1) is 17.5 Å². The summed E-state index contributed by atoms with van der Waals surface area (Å²) in [5.41, 5.74) is 2.67. The number of imide groups is 1. The third kappa shape index (κ3) is 1.72. The van der Waals surface area contributed by atoms with E-state index in [1.807, 2.05) is 54.6 Å². The van der Waals surface area contributed by atoms with Crippen LogP contribution in [0.1, 0.15) is 6.42 Å². The highest BCUT2D eigenvalue weighted by atomic mass is 16.2. The number of hydrogen-bond acceptors (Lipinski definition) is 2. The van der Waals surface area contributed by atoms with E-state index in [0.717, 1.165) is 17.5 Å². The summed E-state index contributed by atoms with van der Waals surface area (Å²) in [6.45, 7) is 0. The molecule has 5 rings (SSSR count). The van der Waals surface area contributed by atoms with Gasteiger partial charge in [-0.3, -0.25) is 9.59 Å². The maximum atomic E-state index is 13.0. The molecule has 118 valence electrons. The number of nitrogens with zero attached hydrogens (tertiary/aromatic N) is 1. The first kappa shape index (κ1) is 13.7. The highest BCUT2D eigenvalue weighted by Crippen LogP contribution is 2.53. The van der Waals surface area contributed by atoms with Crippen LogP contribution >= 0.6 is 0 Å². The molecule has 0 N–H and O–H groups in total. The minimum absolute atomic E-state index is 0.0229. The molecule has 1 saturated heterocycles. The maximum Gasteiger partial charge on any atom is 0.238 e. The zero-order chi connectivity index (χ0) is 16.3. The van der Waals surface area contributed by atoms with Crippen molar-refractivity contribution in [2.75, 3.05) is 4.90 Å². The van der Waals surface area contributed by atoms with Crippen LogP contribution in [0.3, 0.4) is 0 Å². The van der Waals surface area contributed by atoms with Gasteiger partial charge in [0.15, 0.2) is 0 Å². The van der Waals surface area contributed by atoms with Crippen LogP contribution in [0.5, 0.6) is 0 Å². The predicted octanol–water partition coefficient (Wildman–Crippen LogP) is 3.67. The number of benzene rings is 2. The molecule has 2 aromatic carbocycles. The topological polar surface area (TPSA) is 37.4 Å². The summed E-state index contributed by atoms with van der Waals surface area (Å²) in [7, 11) is 0. The van der Waals surface area contributed by atoms with Crippen molar-refractivity contribution in [3.8, 4) is 11.1 Å². The van der Waals surface area contributed by atoms with E-state index >= 15 is 0 Å². The number of rotatable bonds is 2. The molecule has 2 fully saturated rings. The zero-order valence-corrected chi connectivity index (χ0v) is 13.1. The molecule has 1 aliphatic heterocycles. The smallest absolute Gasteiger partial charge is 0.238 e. The molecule has 0 spiro atoms. The number of fused-ring (bicyclic) bond motifs is 5. The van der Waals surface area contributed by atoms with E-state index in [0.29, 0.717) is 5.69 Å². The number of carbonyl (C=O) groups excluding carboxylic acids is 2. The van der Waals surface area contributed by atoms with Gasteiger partial charge in [0.1, 0.15) is 0 Å². The van der Waals surface area contributed by atoms with Gasteiger partial charge in [-0.2, -0.15) is 0 Å². The largest absolute Gasteiger partial charge is 0.274 e. The Bertz CT molecular complexity index is 840. The van der Waals surface area contributed by atoms with Gasteiger partial charge in [-0.05, 0) is 29.9 Å². The summed E-state index contributed by atoms with van der Waals surface area (Å²) in [4.78, 5) is 27.5. The fraction of sp³-hybridized carbons (Fsp3) is 0.238. The zero-order valence-electron chi connectivity index (χ0n) is 13.1. The Morgan fingerprint density at radius 2 is 1.33 bits per heavy atom. The van der Waals surface area contributed by atoms with E-state index in [1.165, 1.54) is 4.90 Å². The molecule has 1 heterocycles. The first-order valence-corrected chi connectivity index (χ1v) is 8.46. The van der Waals surface area contributed by atoms with Gasteiger partial charge in [0, 0.05) is 5.56 Å². The normalized spacial score (nSPS) is 30.2. The third-order valence-electron chi connectivity index (χ3n) is 5.70. The van der Waals surface area contributed by atoms with Crippen molar-refractivity contribution >= 4 is 17.5 Å². The van der Waals surface area contributed by atoms with Crippen LogP contribution in [0.25, 0.3) is 11.1 Å². The summed E-state index contributed by atoms with van der Waals surface area (Å²) >= 11 is 0. The van der Waals surface area contributed by atoms with Crippen LogP contribution in [0.2, 0.25) is 0 Å². The van der Waals surface area contributed by atoms with Crippen LogP contribution in [0, 0.1) is 23.7 Å². The van der Waals surface area contributed by atoms with Gasteiger partial charge in [0.2, 0.25) is 11.8 Å². The Kier molecular flexibility index (Phi) is 2.81. The summed E-state index contributed by atoms with van der Waals surface area (Å²) < 4.78 is 0. The molecule has 4 atom stereocenters. The van der Waals surface area contributed by atoms with Gasteiger partial charge in [-0.15, -0.1) is 0 Å². The van der Waals surface area contributed by atoms with E-state index in [2.05, 4.69) is 12.2 Å². The standard InChI is InChI=1S/C21H17NO2/c23-20-18-14-10-11-15(12-14)19(18)21(24)22(20)17-9-5-4-8-16(17)13-6-2-1-3-7-13/h1-11,14-15,18-19H,12H2/t14-,15-,18-,19+/m0/s1. The SMILES string of the molecule is O=C1[C@@H]2[C@H](C(=O)N1c1ccccc1-c1ccccc1)[C@H]1C=C[C@H]2C1. The van der Waals surface area contributed by atoms with Crippen LogP contribution in [-0.2, 0) is 9.59 Å². The van der Waals surface area contributed by atoms with Gasteiger partial charge < -0.3 is 0 Å². The van der Waals surface area contributed by atoms with E-state index in [9.17, 15) is 9.59 Å². The molecule has 1 saturated carbocycles. The minimum atomic E-state index is -0.156. The van der Waals surface area contributed by atoms with Crippen molar-refractivity contribution in [1.29, 1.82) is 0 Å². The van der Waals surface area contributed by atoms with Crippen LogP contribution in [0.15, 0.2) is 66.7 Å². The number of anilines is 1. The lowest BCUT2D eigenvalue weighted by molar-refractivity contribution is -0.123. The van der Waals surface area contributed by atoms with Gasteiger partial charge in [-0.25, -0.2) is 4.90 Å². The van der Waals surface area contributed by atoms with Crippen molar-refractivity contribution in [2.45, 2.75) is 6.42 Å². The molecule has 3 aliphatic rings. The Labute approximate surface area is 140 Å². The highest BCUT2D eigenvalue weighted by molar-refractivity contribution is 6.24. The minimum Gasteiger partial charge on any atom is -0.274 e. The second kappa shape index (κ2) is 4.91. The first-order chi connectivity index (χ1) is 11.8. The fourth-order valence-corrected chi connectivity index (χ4v) is 4.67. The van der Waals surface area contributed by atoms with Gasteiger partial charge in [0.25, 0.3) is 0 Å². The number of amides is 2. The van der Waals surface area contributed by atoms with E-state index in [4.69, 9.17) is 0 Å². The predicted molar refractivity (Wildman–Crippen MR) is 92.1 cm³/mol. The van der Waals surface area contributed by atoms with Crippen molar-refractivity contribution in [2.24, 2.45) is 23.7 Å². The van der Waals surface area contributed by atoms with Crippen molar-refractivity contribution < 1.29 is 9.59 Å². The molecule has 24 heavy (non-hydrogen) atoms. The fourth-order valence-electron chi connectivity index (χ4n) is 4.67. The average Bonchev–Trinajstić information content (AvgIpc) is 3.30. The van der Waals surface area contributed by atoms with Crippen LogP contribution < -0.4 is 4.90 Å². The molecular weight excluding hydrogens is 298 g/mol. The summed E-state index contributed by atoms with van der Waals surface area (Å²) in [5, 5.41) is 0. The quantitative estimate of drug-likeness (QED) is 0.626. The first-order valence-electron chi connectivity index (χ1n) is 8.46. The summed E-state index contributed by atoms with van der Waals surface area (Å²) in [6, 6.07) is 17.6. The lowest BCUT2D eigenvalue weighted by Crippen LogP contribution is -2.33. The number of hydrogen-bond donors (Lipinski definition) is 0. The van der Waals surface area contributed by atoms with E-state index in [-0.39, 0.29) is 35.5 Å². The van der Waals surface area contributed by atoms with Crippen molar-refractivity contribution in [1.82, 2.24) is 0 Å².